The Morgan fingerprint density at radius 3 is 2.53 bits per heavy atom. The summed E-state index contributed by atoms with van der Waals surface area (Å²) in [7, 11) is 0.573. The van der Waals surface area contributed by atoms with E-state index in [1.165, 1.54) is 0 Å². The number of alkyl halides is 2. The highest BCUT2D eigenvalue weighted by atomic mass is 35.7. The van der Waals surface area contributed by atoms with Crippen LogP contribution in [0.25, 0.3) is 0 Å². The number of pyridine rings is 1. The molecule has 0 aliphatic heterocycles. The number of rotatable bonds is 3. The molecule has 0 aromatic carbocycles. The third-order valence-corrected chi connectivity index (χ3v) is 2.61. The Morgan fingerprint density at radius 2 is 2.07 bits per heavy atom. The summed E-state index contributed by atoms with van der Waals surface area (Å²) >= 11 is 0. The molecule has 0 amide bonds. The molecular formula is C6H3ClF3NO3S. The molecule has 0 saturated carbocycles. The highest BCUT2D eigenvalue weighted by molar-refractivity contribution is 8.13. The van der Waals surface area contributed by atoms with E-state index >= 15 is 0 Å². The lowest BCUT2D eigenvalue weighted by Gasteiger charge is -2.07. The maximum atomic E-state index is 12.5. The molecule has 1 rings (SSSR count). The Morgan fingerprint density at radius 1 is 1.47 bits per heavy atom. The molecule has 0 aliphatic rings. The van der Waals surface area contributed by atoms with Crippen molar-refractivity contribution in [3.63, 3.8) is 0 Å². The van der Waals surface area contributed by atoms with Gasteiger partial charge in [0.2, 0.25) is 5.95 Å². The van der Waals surface area contributed by atoms with Gasteiger partial charge in [0.05, 0.1) is 6.20 Å². The number of aromatic nitrogens is 1. The minimum absolute atomic E-state index is 0.404. The van der Waals surface area contributed by atoms with Crippen molar-refractivity contribution >= 4 is 19.7 Å². The Bertz CT molecular complexity index is 465. The number of nitrogens with zero attached hydrogens (tertiary/aromatic N) is 1. The minimum Gasteiger partial charge on any atom is -0.433 e. The van der Waals surface area contributed by atoms with Gasteiger partial charge in [0, 0.05) is 16.7 Å². The first-order chi connectivity index (χ1) is 6.80. The first-order valence-electron chi connectivity index (χ1n) is 3.35. The molecule has 84 valence electrons. The van der Waals surface area contributed by atoms with Crippen LogP contribution in [0.15, 0.2) is 17.2 Å². The van der Waals surface area contributed by atoms with E-state index in [1.54, 1.807) is 0 Å². The van der Waals surface area contributed by atoms with Crippen molar-refractivity contribution in [1.29, 1.82) is 0 Å². The lowest BCUT2D eigenvalue weighted by molar-refractivity contribution is -0.0519. The zero-order valence-corrected chi connectivity index (χ0v) is 8.40. The second kappa shape index (κ2) is 4.23. The van der Waals surface area contributed by atoms with E-state index in [-0.39, 0.29) is 0 Å². The van der Waals surface area contributed by atoms with E-state index in [2.05, 4.69) is 9.72 Å². The summed E-state index contributed by atoms with van der Waals surface area (Å²) < 4.78 is 61.6. The fourth-order valence-electron chi connectivity index (χ4n) is 0.772. The molecule has 9 heteroatoms. The van der Waals surface area contributed by atoms with E-state index in [0.29, 0.717) is 12.3 Å². The van der Waals surface area contributed by atoms with Crippen molar-refractivity contribution in [2.75, 3.05) is 0 Å². The molecule has 0 saturated heterocycles. The van der Waals surface area contributed by atoms with Crippen LogP contribution in [0.3, 0.4) is 0 Å². The molecule has 15 heavy (non-hydrogen) atoms. The van der Waals surface area contributed by atoms with Gasteiger partial charge in [0.15, 0.2) is 5.75 Å². The van der Waals surface area contributed by atoms with Crippen molar-refractivity contribution in [3.05, 3.63) is 18.2 Å². The van der Waals surface area contributed by atoms with Crippen LogP contribution in [0.2, 0.25) is 0 Å². The van der Waals surface area contributed by atoms with Crippen molar-refractivity contribution in [2.24, 2.45) is 0 Å². The zero-order chi connectivity index (χ0) is 11.6. The average molecular weight is 262 g/mol. The van der Waals surface area contributed by atoms with Gasteiger partial charge in [-0.3, -0.25) is 0 Å². The predicted octanol–water partition coefficient (Wildman–Crippen LogP) is 1.75. The molecule has 0 N–H and O–H groups in total. The number of hydrogen-bond donors (Lipinski definition) is 0. The van der Waals surface area contributed by atoms with Crippen molar-refractivity contribution in [2.45, 2.75) is 11.5 Å². The summed E-state index contributed by atoms with van der Waals surface area (Å²) in [5.41, 5.74) is 0. The van der Waals surface area contributed by atoms with Crippen molar-refractivity contribution in [3.8, 4) is 5.75 Å². The number of hydrogen-bond acceptors (Lipinski definition) is 4. The summed E-state index contributed by atoms with van der Waals surface area (Å²) in [6, 6.07) is 0.404. The molecule has 1 heterocycles. The van der Waals surface area contributed by atoms with E-state index < -0.39 is 32.3 Å². The van der Waals surface area contributed by atoms with E-state index in [9.17, 15) is 21.6 Å². The molecule has 1 aromatic heterocycles. The van der Waals surface area contributed by atoms with E-state index in [0.717, 1.165) is 0 Å². The van der Waals surface area contributed by atoms with Gasteiger partial charge in [-0.25, -0.2) is 13.4 Å². The Labute approximate surface area is 87.1 Å². The van der Waals surface area contributed by atoms with Crippen LogP contribution in [0.4, 0.5) is 13.2 Å². The third kappa shape index (κ3) is 3.24. The van der Waals surface area contributed by atoms with Gasteiger partial charge in [-0.2, -0.15) is 13.2 Å². The first-order valence-corrected chi connectivity index (χ1v) is 5.66. The molecule has 0 spiro atoms. The minimum atomic E-state index is -4.31. The molecule has 0 aliphatic carbocycles. The van der Waals surface area contributed by atoms with Crippen LogP contribution in [0, 0.1) is 5.95 Å². The van der Waals surface area contributed by atoms with Crippen LogP contribution >= 0.6 is 10.7 Å². The van der Waals surface area contributed by atoms with E-state index in [1.807, 2.05) is 0 Å². The van der Waals surface area contributed by atoms with Gasteiger partial charge >= 0.3 is 6.61 Å². The Balaban J connectivity index is 3.27. The average Bonchev–Trinajstić information content (AvgIpc) is 1.99. The summed E-state index contributed by atoms with van der Waals surface area (Å²) in [4.78, 5) is 2.14. The maximum absolute atomic E-state index is 12.5. The first kappa shape index (κ1) is 12.1. The third-order valence-electron chi connectivity index (χ3n) is 1.28. The molecule has 0 radical (unpaired) electrons. The standard InChI is InChI=1S/C6H3ClF3NO3S/c7-15(12,13)4-2-11-5(8)1-3(4)14-6(9)10/h1-2,6H. The summed E-state index contributed by atoms with van der Waals surface area (Å²) in [6.07, 6.45) is 0.495. The van der Waals surface area contributed by atoms with E-state index in [4.69, 9.17) is 10.7 Å². The van der Waals surface area contributed by atoms with Gasteiger partial charge in [0.1, 0.15) is 4.90 Å². The van der Waals surface area contributed by atoms with Gasteiger partial charge in [-0.15, -0.1) is 0 Å². The fraction of sp³-hybridized carbons (Fsp3) is 0.167. The van der Waals surface area contributed by atoms with Crippen LogP contribution in [-0.2, 0) is 9.05 Å². The van der Waals surface area contributed by atoms with Crippen LogP contribution < -0.4 is 4.74 Å². The highest BCUT2D eigenvalue weighted by Crippen LogP contribution is 2.27. The lowest BCUT2D eigenvalue weighted by atomic mass is 10.4. The normalized spacial score (nSPS) is 11.8. The molecule has 0 fully saturated rings. The zero-order valence-electron chi connectivity index (χ0n) is 6.82. The molecule has 0 bridgehead atoms. The van der Waals surface area contributed by atoms with Gasteiger partial charge in [-0.1, -0.05) is 0 Å². The van der Waals surface area contributed by atoms with Gasteiger partial charge in [0.25, 0.3) is 9.05 Å². The second-order valence-electron chi connectivity index (χ2n) is 2.27. The Hall–Kier alpha value is -1.02. The molecule has 0 atom stereocenters. The van der Waals surface area contributed by atoms with Crippen molar-refractivity contribution in [1.82, 2.24) is 4.98 Å². The summed E-state index contributed by atoms with van der Waals surface area (Å²) in [6.45, 7) is -3.29. The van der Waals surface area contributed by atoms with Gasteiger partial charge in [-0.05, 0) is 0 Å². The molecule has 0 unspecified atom stereocenters. The smallest absolute Gasteiger partial charge is 0.387 e. The molecular weight excluding hydrogens is 259 g/mol. The fourth-order valence-corrected chi connectivity index (χ4v) is 1.65. The van der Waals surface area contributed by atoms with Crippen LogP contribution in [0.5, 0.6) is 5.75 Å². The summed E-state index contributed by atoms with van der Waals surface area (Å²) in [5, 5.41) is 0. The summed E-state index contributed by atoms with van der Waals surface area (Å²) in [5.74, 6) is -2.04. The molecule has 1 aromatic rings. The Kier molecular flexibility index (Phi) is 3.40. The predicted molar refractivity (Wildman–Crippen MR) is 43.9 cm³/mol. The van der Waals surface area contributed by atoms with Crippen LogP contribution in [-0.4, -0.2) is 20.0 Å². The number of ether oxygens (including phenoxy) is 1. The monoisotopic (exact) mass is 261 g/mol. The van der Waals surface area contributed by atoms with Crippen LogP contribution in [0.1, 0.15) is 0 Å². The second-order valence-corrected chi connectivity index (χ2v) is 4.80. The lowest BCUT2D eigenvalue weighted by Crippen LogP contribution is -2.06. The largest absolute Gasteiger partial charge is 0.433 e. The molecule has 4 nitrogen and oxygen atoms in total. The maximum Gasteiger partial charge on any atom is 0.387 e. The highest BCUT2D eigenvalue weighted by Gasteiger charge is 2.20. The SMILES string of the molecule is O=S(=O)(Cl)c1cnc(F)cc1OC(F)F. The topological polar surface area (TPSA) is 56.3 Å². The van der Waals surface area contributed by atoms with Crippen molar-refractivity contribution < 1.29 is 26.3 Å². The van der Waals surface area contributed by atoms with Gasteiger partial charge < -0.3 is 4.74 Å². The quantitative estimate of drug-likeness (QED) is 0.614. The number of halogens is 4.